The second-order valence-electron chi connectivity index (χ2n) is 5.74. The van der Waals surface area contributed by atoms with E-state index in [1.807, 2.05) is 19.1 Å². The Kier molecular flexibility index (Phi) is 2.79. The van der Waals surface area contributed by atoms with E-state index in [4.69, 9.17) is 0 Å². The van der Waals surface area contributed by atoms with Crippen LogP contribution in [0.15, 0.2) is 12.1 Å². The molecule has 0 amide bonds. The Balaban J connectivity index is 1.66. The van der Waals surface area contributed by atoms with Crippen LogP contribution in [0.4, 0.5) is 5.82 Å². The van der Waals surface area contributed by atoms with Crippen LogP contribution in [0.3, 0.4) is 0 Å². The third kappa shape index (κ3) is 2.32. The van der Waals surface area contributed by atoms with Gasteiger partial charge in [-0.25, -0.2) is 12.7 Å². The van der Waals surface area contributed by atoms with E-state index in [1.165, 1.54) is 6.26 Å². The van der Waals surface area contributed by atoms with Crippen LogP contribution in [-0.2, 0) is 10.0 Å². The fourth-order valence-corrected chi connectivity index (χ4v) is 3.85. The van der Waals surface area contributed by atoms with E-state index in [2.05, 4.69) is 15.1 Å². The van der Waals surface area contributed by atoms with E-state index in [0.717, 1.165) is 31.0 Å². The summed E-state index contributed by atoms with van der Waals surface area (Å²) >= 11 is 0. The van der Waals surface area contributed by atoms with Gasteiger partial charge in [0.05, 0.1) is 11.9 Å². The Labute approximate surface area is 113 Å². The van der Waals surface area contributed by atoms with Crippen molar-refractivity contribution in [3.8, 4) is 0 Å². The van der Waals surface area contributed by atoms with Gasteiger partial charge in [-0.2, -0.15) is 5.10 Å². The van der Waals surface area contributed by atoms with Gasteiger partial charge in [0.25, 0.3) is 0 Å². The molecule has 0 atom stereocenters. The van der Waals surface area contributed by atoms with E-state index in [0.29, 0.717) is 13.1 Å². The normalized spacial score (nSPS) is 22.7. The third-order valence-electron chi connectivity index (χ3n) is 4.03. The molecule has 1 aromatic heterocycles. The monoisotopic (exact) mass is 282 g/mol. The summed E-state index contributed by atoms with van der Waals surface area (Å²) in [4.78, 5) is 2.16. The molecule has 2 aliphatic rings. The first-order valence-electron chi connectivity index (χ1n) is 6.38. The molecule has 2 aliphatic heterocycles. The summed E-state index contributed by atoms with van der Waals surface area (Å²) in [5.74, 6) is 0.883. The van der Waals surface area contributed by atoms with Crippen LogP contribution in [0.25, 0.3) is 0 Å². The number of hydrogen-bond donors (Lipinski definition) is 0. The number of aromatic nitrogens is 2. The van der Waals surface area contributed by atoms with Gasteiger partial charge in [-0.3, -0.25) is 0 Å². The summed E-state index contributed by atoms with van der Waals surface area (Å²) in [6.45, 7) is 4.94. The molecule has 104 valence electrons. The van der Waals surface area contributed by atoms with Gasteiger partial charge in [-0.05, 0) is 25.5 Å². The number of nitrogens with zero attached hydrogens (tertiary/aromatic N) is 4. The molecule has 3 heterocycles. The number of aryl methyl sites for hydroxylation is 1. The Morgan fingerprint density at radius 3 is 2.47 bits per heavy atom. The average Bonchev–Trinajstić information content (AvgIpc) is 2.73. The Morgan fingerprint density at radius 2 is 1.95 bits per heavy atom. The lowest BCUT2D eigenvalue weighted by atomic mass is 9.79. The van der Waals surface area contributed by atoms with Crippen LogP contribution in [0.2, 0.25) is 0 Å². The van der Waals surface area contributed by atoms with Crippen molar-refractivity contribution in [3.05, 3.63) is 17.8 Å². The van der Waals surface area contributed by atoms with E-state index >= 15 is 0 Å². The van der Waals surface area contributed by atoms with Crippen LogP contribution in [-0.4, -0.2) is 55.4 Å². The minimum atomic E-state index is -3.05. The molecular formula is C12H18N4O2S. The highest BCUT2D eigenvalue weighted by molar-refractivity contribution is 7.88. The molecular weight excluding hydrogens is 264 g/mol. The zero-order chi connectivity index (χ0) is 13.7. The fourth-order valence-electron chi connectivity index (χ4n) is 2.92. The van der Waals surface area contributed by atoms with Crippen molar-refractivity contribution < 1.29 is 8.42 Å². The summed E-state index contributed by atoms with van der Waals surface area (Å²) in [5, 5.41) is 8.22. The molecule has 0 unspecified atom stereocenters. The second-order valence-corrected chi connectivity index (χ2v) is 7.72. The van der Waals surface area contributed by atoms with E-state index < -0.39 is 10.0 Å². The lowest BCUT2D eigenvalue weighted by Gasteiger charge is -2.48. The quantitative estimate of drug-likeness (QED) is 0.778. The highest BCUT2D eigenvalue weighted by Crippen LogP contribution is 2.41. The van der Waals surface area contributed by atoms with Crippen LogP contribution in [0.1, 0.15) is 12.1 Å². The predicted molar refractivity (Wildman–Crippen MR) is 72.4 cm³/mol. The van der Waals surface area contributed by atoms with Crippen molar-refractivity contribution in [3.63, 3.8) is 0 Å². The summed E-state index contributed by atoms with van der Waals surface area (Å²) in [6, 6.07) is 3.92. The summed E-state index contributed by atoms with van der Waals surface area (Å²) in [7, 11) is -3.05. The van der Waals surface area contributed by atoms with E-state index in [-0.39, 0.29) is 5.41 Å². The number of anilines is 1. The maximum Gasteiger partial charge on any atom is 0.211 e. The molecule has 3 rings (SSSR count). The average molecular weight is 282 g/mol. The molecule has 0 radical (unpaired) electrons. The van der Waals surface area contributed by atoms with Crippen molar-refractivity contribution in [2.45, 2.75) is 13.3 Å². The van der Waals surface area contributed by atoms with Crippen LogP contribution in [0.5, 0.6) is 0 Å². The van der Waals surface area contributed by atoms with Gasteiger partial charge >= 0.3 is 0 Å². The summed E-state index contributed by atoms with van der Waals surface area (Å²) in [5.41, 5.74) is 1.03. The summed E-state index contributed by atoms with van der Waals surface area (Å²) in [6.07, 6.45) is 2.23. The zero-order valence-electron chi connectivity index (χ0n) is 11.2. The first kappa shape index (κ1) is 12.8. The molecule has 1 aromatic rings. The second kappa shape index (κ2) is 4.14. The molecule has 2 fully saturated rings. The molecule has 0 aromatic carbocycles. The largest absolute Gasteiger partial charge is 0.354 e. The standard InChI is InChI=1S/C12H18N4O2S/c1-10-3-4-11(14-13-10)15-7-12(8-15)5-6-16(9-12)19(2,17)18/h3-4H,5-9H2,1-2H3. The predicted octanol–water partition coefficient (Wildman–Crippen LogP) is 0.257. The molecule has 0 N–H and O–H groups in total. The maximum atomic E-state index is 11.5. The molecule has 0 bridgehead atoms. The number of hydrogen-bond acceptors (Lipinski definition) is 5. The molecule has 19 heavy (non-hydrogen) atoms. The van der Waals surface area contributed by atoms with Gasteiger partial charge in [0, 0.05) is 31.6 Å². The molecule has 1 spiro atoms. The van der Waals surface area contributed by atoms with Crippen LogP contribution >= 0.6 is 0 Å². The van der Waals surface area contributed by atoms with Crippen molar-refractivity contribution in [1.82, 2.24) is 14.5 Å². The van der Waals surface area contributed by atoms with Gasteiger partial charge in [0.1, 0.15) is 0 Å². The van der Waals surface area contributed by atoms with Gasteiger partial charge in [0.15, 0.2) is 5.82 Å². The van der Waals surface area contributed by atoms with E-state index in [9.17, 15) is 8.42 Å². The highest BCUT2D eigenvalue weighted by Gasteiger charge is 2.49. The third-order valence-corrected chi connectivity index (χ3v) is 5.28. The Hall–Kier alpha value is -1.21. The smallest absolute Gasteiger partial charge is 0.211 e. The lowest BCUT2D eigenvalue weighted by molar-refractivity contribution is 0.228. The molecule has 6 nitrogen and oxygen atoms in total. The van der Waals surface area contributed by atoms with Gasteiger partial charge in [-0.1, -0.05) is 0 Å². The SMILES string of the molecule is Cc1ccc(N2CC3(CCN(S(C)(=O)=O)C3)C2)nn1. The maximum absolute atomic E-state index is 11.5. The molecule has 0 saturated carbocycles. The minimum Gasteiger partial charge on any atom is -0.354 e. The van der Waals surface area contributed by atoms with Crippen molar-refractivity contribution >= 4 is 15.8 Å². The Bertz CT molecular complexity index is 578. The van der Waals surface area contributed by atoms with Crippen LogP contribution in [0, 0.1) is 12.3 Å². The lowest BCUT2D eigenvalue weighted by Crippen LogP contribution is -2.58. The van der Waals surface area contributed by atoms with Gasteiger partial charge in [-0.15, -0.1) is 5.10 Å². The van der Waals surface area contributed by atoms with Gasteiger partial charge in [0.2, 0.25) is 10.0 Å². The minimum absolute atomic E-state index is 0.121. The molecule has 0 aliphatic carbocycles. The van der Waals surface area contributed by atoms with E-state index in [1.54, 1.807) is 4.31 Å². The first-order valence-corrected chi connectivity index (χ1v) is 8.23. The molecule has 7 heteroatoms. The summed E-state index contributed by atoms with van der Waals surface area (Å²) < 4.78 is 24.7. The number of rotatable bonds is 2. The van der Waals surface area contributed by atoms with Crippen molar-refractivity contribution in [1.29, 1.82) is 0 Å². The molecule has 2 saturated heterocycles. The topological polar surface area (TPSA) is 66.4 Å². The fraction of sp³-hybridized carbons (Fsp3) is 0.667. The Morgan fingerprint density at radius 1 is 1.21 bits per heavy atom. The van der Waals surface area contributed by atoms with Crippen LogP contribution < -0.4 is 4.90 Å². The van der Waals surface area contributed by atoms with Crippen molar-refractivity contribution in [2.24, 2.45) is 5.41 Å². The zero-order valence-corrected chi connectivity index (χ0v) is 12.0. The highest BCUT2D eigenvalue weighted by atomic mass is 32.2. The first-order chi connectivity index (χ1) is 8.88. The van der Waals surface area contributed by atoms with Crippen molar-refractivity contribution in [2.75, 3.05) is 37.3 Å². The number of sulfonamides is 1. The van der Waals surface area contributed by atoms with Gasteiger partial charge < -0.3 is 4.90 Å².